The van der Waals surface area contributed by atoms with Crippen LogP contribution in [0.15, 0.2) is 43.0 Å². The third-order valence-corrected chi connectivity index (χ3v) is 3.60. The highest BCUT2D eigenvalue weighted by Crippen LogP contribution is 2.30. The van der Waals surface area contributed by atoms with Crippen LogP contribution >= 0.6 is 0 Å². The number of aryl methyl sites for hydroxylation is 1. The van der Waals surface area contributed by atoms with Crippen molar-refractivity contribution in [3.05, 3.63) is 48.5 Å². The molecule has 112 valence electrons. The van der Waals surface area contributed by atoms with Gasteiger partial charge in [-0.15, -0.1) is 0 Å². The Morgan fingerprint density at radius 1 is 1.38 bits per heavy atom. The van der Waals surface area contributed by atoms with Crippen molar-refractivity contribution in [2.75, 3.05) is 11.9 Å². The first kappa shape index (κ1) is 15.1. The van der Waals surface area contributed by atoms with E-state index in [9.17, 15) is 9.90 Å². The summed E-state index contributed by atoms with van der Waals surface area (Å²) in [6, 6.07) is 7.58. The molecule has 1 aromatic heterocycles. The summed E-state index contributed by atoms with van der Waals surface area (Å²) >= 11 is 0. The van der Waals surface area contributed by atoms with E-state index in [1.54, 1.807) is 26.4 Å². The molecule has 0 unspecified atom stereocenters. The Hall–Kier alpha value is -2.30. The number of benzene rings is 1. The number of aliphatic carboxylic acids is 1. The molecule has 1 aromatic carbocycles. The van der Waals surface area contributed by atoms with Crippen LogP contribution in [0.3, 0.4) is 0 Å². The molecule has 1 heterocycles. The van der Waals surface area contributed by atoms with Crippen LogP contribution in [0.1, 0.15) is 25.8 Å². The minimum atomic E-state index is -0.909. The zero-order valence-corrected chi connectivity index (χ0v) is 12.4. The van der Waals surface area contributed by atoms with Gasteiger partial charge in [-0.1, -0.05) is 18.2 Å². The van der Waals surface area contributed by atoms with Crippen LogP contribution in [-0.2, 0) is 16.8 Å². The van der Waals surface area contributed by atoms with Gasteiger partial charge in [0.15, 0.2) is 0 Å². The van der Waals surface area contributed by atoms with Crippen molar-refractivity contribution < 1.29 is 9.90 Å². The summed E-state index contributed by atoms with van der Waals surface area (Å²) in [6.07, 6.45) is 6.43. The summed E-state index contributed by atoms with van der Waals surface area (Å²) in [5.74, 6) is -0.824. The van der Waals surface area contributed by atoms with Crippen LogP contribution < -0.4 is 5.32 Å². The molecule has 0 spiro atoms. The van der Waals surface area contributed by atoms with Gasteiger partial charge in [0.2, 0.25) is 0 Å². The fraction of sp³-hybridized carbons (Fsp3) is 0.375. The number of nitrogens with zero attached hydrogens (tertiary/aromatic N) is 2. The van der Waals surface area contributed by atoms with Gasteiger partial charge in [-0.3, -0.25) is 4.79 Å². The lowest BCUT2D eigenvalue weighted by molar-refractivity contribution is -0.142. The molecule has 0 fully saturated rings. The molecule has 2 rings (SSSR count). The molecule has 2 N–H and O–H groups in total. The molecule has 0 saturated carbocycles. The number of imidazole rings is 1. The maximum atomic E-state index is 11.4. The maximum Gasteiger partial charge on any atom is 0.313 e. The highest BCUT2D eigenvalue weighted by Gasteiger charge is 2.31. The predicted octanol–water partition coefficient (Wildman–Crippen LogP) is 2.75. The van der Waals surface area contributed by atoms with Crippen molar-refractivity contribution in [2.45, 2.75) is 32.2 Å². The monoisotopic (exact) mass is 287 g/mol. The lowest BCUT2D eigenvalue weighted by Crippen LogP contribution is -2.29. The molecule has 0 radical (unpaired) electrons. The van der Waals surface area contributed by atoms with E-state index in [4.69, 9.17) is 0 Å². The third-order valence-electron chi connectivity index (χ3n) is 3.60. The minimum Gasteiger partial charge on any atom is -0.481 e. The highest BCUT2D eigenvalue weighted by molar-refractivity contribution is 5.83. The largest absolute Gasteiger partial charge is 0.481 e. The highest BCUT2D eigenvalue weighted by atomic mass is 16.4. The van der Waals surface area contributed by atoms with Gasteiger partial charge in [0, 0.05) is 31.2 Å². The Morgan fingerprint density at radius 3 is 2.81 bits per heavy atom. The maximum absolute atomic E-state index is 11.4. The fourth-order valence-corrected chi connectivity index (χ4v) is 2.20. The van der Waals surface area contributed by atoms with E-state index in [1.165, 1.54) is 0 Å². The van der Waals surface area contributed by atoms with Crippen molar-refractivity contribution in [3.8, 4) is 0 Å². The first-order valence-electron chi connectivity index (χ1n) is 7.04. The van der Waals surface area contributed by atoms with E-state index in [-0.39, 0.29) is 0 Å². The van der Waals surface area contributed by atoms with Gasteiger partial charge in [0.1, 0.15) is 0 Å². The van der Waals surface area contributed by atoms with Crippen LogP contribution in [-0.4, -0.2) is 27.2 Å². The van der Waals surface area contributed by atoms with Crippen LogP contribution in [0.2, 0.25) is 0 Å². The van der Waals surface area contributed by atoms with Gasteiger partial charge >= 0.3 is 5.97 Å². The second-order valence-corrected chi connectivity index (χ2v) is 5.56. The van der Waals surface area contributed by atoms with E-state index in [0.29, 0.717) is 0 Å². The average Bonchev–Trinajstić information content (AvgIpc) is 2.97. The van der Waals surface area contributed by atoms with Crippen molar-refractivity contribution >= 4 is 11.7 Å². The summed E-state index contributed by atoms with van der Waals surface area (Å²) in [7, 11) is 0. The van der Waals surface area contributed by atoms with Crippen LogP contribution in [0, 0.1) is 0 Å². The number of rotatable bonds is 7. The molecule has 2 aromatic rings. The van der Waals surface area contributed by atoms with Gasteiger partial charge in [-0.2, -0.15) is 0 Å². The number of nitrogens with one attached hydrogen (secondary N) is 1. The zero-order valence-electron chi connectivity index (χ0n) is 12.4. The topological polar surface area (TPSA) is 67.2 Å². The summed E-state index contributed by atoms with van der Waals surface area (Å²) in [5, 5.41) is 12.7. The lowest BCUT2D eigenvalue weighted by Gasteiger charge is -2.23. The second-order valence-electron chi connectivity index (χ2n) is 5.56. The Labute approximate surface area is 124 Å². The first-order valence-corrected chi connectivity index (χ1v) is 7.04. The Kier molecular flexibility index (Phi) is 4.62. The SMILES string of the molecule is CC(C)(C(=O)O)c1ccccc1NCCCn1ccnc1. The Morgan fingerprint density at radius 2 is 2.14 bits per heavy atom. The summed E-state index contributed by atoms with van der Waals surface area (Å²) in [5.41, 5.74) is 0.782. The van der Waals surface area contributed by atoms with Crippen molar-refractivity contribution in [3.63, 3.8) is 0 Å². The molecule has 21 heavy (non-hydrogen) atoms. The van der Waals surface area contributed by atoms with E-state index in [0.717, 1.165) is 30.8 Å². The quantitative estimate of drug-likeness (QED) is 0.768. The lowest BCUT2D eigenvalue weighted by atomic mass is 9.83. The van der Waals surface area contributed by atoms with Gasteiger partial charge in [-0.25, -0.2) is 4.98 Å². The Balaban J connectivity index is 1.98. The smallest absolute Gasteiger partial charge is 0.313 e. The molecule has 0 atom stereocenters. The number of carboxylic acids is 1. The number of para-hydroxylation sites is 1. The van der Waals surface area contributed by atoms with E-state index in [1.807, 2.05) is 35.0 Å². The molecule has 0 aliphatic carbocycles. The second kappa shape index (κ2) is 6.43. The molecule has 5 nitrogen and oxygen atoms in total. The van der Waals surface area contributed by atoms with Gasteiger partial charge in [0.05, 0.1) is 11.7 Å². The third kappa shape index (κ3) is 3.62. The van der Waals surface area contributed by atoms with E-state index in [2.05, 4.69) is 10.3 Å². The molecule has 0 bridgehead atoms. The van der Waals surface area contributed by atoms with Gasteiger partial charge in [-0.05, 0) is 31.9 Å². The Bertz CT molecular complexity index is 591. The molecule has 0 amide bonds. The number of hydrogen-bond donors (Lipinski definition) is 2. The van der Waals surface area contributed by atoms with Crippen LogP contribution in [0.4, 0.5) is 5.69 Å². The summed E-state index contributed by atoms with van der Waals surface area (Å²) < 4.78 is 2.02. The molecular weight excluding hydrogens is 266 g/mol. The van der Waals surface area contributed by atoms with Gasteiger partial charge in [0.25, 0.3) is 0 Å². The number of hydrogen-bond acceptors (Lipinski definition) is 3. The minimum absolute atomic E-state index is 0.783. The van der Waals surface area contributed by atoms with Crippen LogP contribution in [0.5, 0.6) is 0 Å². The summed E-state index contributed by atoms with van der Waals surface area (Å²) in [4.78, 5) is 15.4. The van der Waals surface area contributed by atoms with Crippen molar-refractivity contribution in [1.82, 2.24) is 9.55 Å². The van der Waals surface area contributed by atoms with E-state index >= 15 is 0 Å². The normalized spacial score (nSPS) is 11.3. The molecular formula is C16H21N3O2. The van der Waals surface area contributed by atoms with Gasteiger partial charge < -0.3 is 15.0 Å². The number of aromatic nitrogens is 2. The van der Waals surface area contributed by atoms with E-state index < -0.39 is 11.4 Å². The fourth-order valence-electron chi connectivity index (χ4n) is 2.20. The number of carbonyl (C=O) groups is 1. The predicted molar refractivity (Wildman–Crippen MR) is 82.4 cm³/mol. The van der Waals surface area contributed by atoms with Crippen molar-refractivity contribution in [1.29, 1.82) is 0 Å². The van der Waals surface area contributed by atoms with Crippen LogP contribution in [0.25, 0.3) is 0 Å². The molecule has 5 heteroatoms. The number of carboxylic acid groups (broad SMARTS) is 1. The number of anilines is 1. The first-order chi connectivity index (χ1) is 10.0. The molecule has 0 saturated heterocycles. The standard InChI is InChI=1S/C16H21N3O2/c1-16(2,15(20)21)13-6-3-4-7-14(13)18-8-5-10-19-11-9-17-12-19/h3-4,6-7,9,11-12,18H,5,8,10H2,1-2H3,(H,20,21). The molecule has 0 aliphatic rings. The summed E-state index contributed by atoms with van der Waals surface area (Å²) in [6.45, 7) is 5.12. The molecule has 0 aliphatic heterocycles. The van der Waals surface area contributed by atoms with Crippen molar-refractivity contribution in [2.24, 2.45) is 0 Å². The zero-order chi connectivity index (χ0) is 15.3. The average molecular weight is 287 g/mol.